The van der Waals surface area contributed by atoms with Gasteiger partial charge in [-0.05, 0) is 41.5 Å². The van der Waals surface area contributed by atoms with Gasteiger partial charge in [-0.3, -0.25) is 0 Å². The second-order valence-electron chi connectivity index (χ2n) is 5.36. The zero-order valence-electron chi connectivity index (χ0n) is 12.2. The van der Waals surface area contributed by atoms with Gasteiger partial charge in [0.1, 0.15) is 6.10 Å². The number of benzene rings is 2. The number of rotatable bonds is 4. The molecule has 2 unspecified atom stereocenters. The third kappa shape index (κ3) is 3.13. The molecular formula is C18H21BrO. The van der Waals surface area contributed by atoms with Crippen molar-refractivity contribution < 1.29 is 5.11 Å². The molecule has 0 saturated carbocycles. The lowest BCUT2D eigenvalue weighted by molar-refractivity contribution is 0.219. The Morgan fingerprint density at radius 2 is 1.65 bits per heavy atom. The van der Waals surface area contributed by atoms with Crippen LogP contribution in [-0.4, -0.2) is 5.11 Å². The monoisotopic (exact) mass is 332 g/mol. The Kier molecular flexibility index (Phi) is 5.00. The molecular weight excluding hydrogens is 312 g/mol. The molecule has 2 aromatic carbocycles. The first kappa shape index (κ1) is 15.3. The van der Waals surface area contributed by atoms with Crippen LogP contribution in [0.3, 0.4) is 0 Å². The van der Waals surface area contributed by atoms with E-state index in [0.29, 0.717) is 5.92 Å². The van der Waals surface area contributed by atoms with Crippen LogP contribution in [0.5, 0.6) is 0 Å². The van der Waals surface area contributed by atoms with Gasteiger partial charge in [0.25, 0.3) is 0 Å². The molecule has 1 nitrogen and oxygen atoms in total. The summed E-state index contributed by atoms with van der Waals surface area (Å²) in [7, 11) is 0. The predicted molar refractivity (Wildman–Crippen MR) is 88.1 cm³/mol. The summed E-state index contributed by atoms with van der Waals surface area (Å²) in [5.74, 6) is 0.562. The Balaban J connectivity index is 2.29. The Hall–Kier alpha value is -1.12. The molecule has 0 aromatic heterocycles. The second-order valence-corrected chi connectivity index (χ2v) is 6.15. The molecule has 0 aliphatic rings. The lowest BCUT2D eigenvalue weighted by Crippen LogP contribution is -2.02. The average molecular weight is 333 g/mol. The fourth-order valence-electron chi connectivity index (χ4n) is 2.30. The zero-order chi connectivity index (χ0) is 14.7. The standard InChI is InChI=1S/C18H21BrO/c1-4-12(2)14-8-10-15(11-9-14)18(20)16-7-5-6-13(3)17(16)19/h5-12,18,20H,4H2,1-3H3. The van der Waals surface area contributed by atoms with E-state index in [1.54, 1.807) is 0 Å². The highest BCUT2D eigenvalue weighted by molar-refractivity contribution is 9.10. The van der Waals surface area contributed by atoms with Crippen LogP contribution in [0.15, 0.2) is 46.9 Å². The van der Waals surface area contributed by atoms with Crippen molar-refractivity contribution in [2.24, 2.45) is 0 Å². The fraction of sp³-hybridized carbons (Fsp3) is 0.333. The normalized spacial score (nSPS) is 14.1. The first-order chi connectivity index (χ1) is 9.54. The number of aliphatic hydroxyl groups excluding tert-OH is 1. The van der Waals surface area contributed by atoms with Gasteiger partial charge in [0.15, 0.2) is 0 Å². The summed E-state index contributed by atoms with van der Waals surface area (Å²) in [6.07, 6.45) is 0.543. The molecule has 0 fully saturated rings. The van der Waals surface area contributed by atoms with Crippen molar-refractivity contribution in [3.05, 3.63) is 69.2 Å². The molecule has 0 amide bonds. The molecule has 2 atom stereocenters. The fourth-order valence-corrected chi connectivity index (χ4v) is 2.78. The van der Waals surface area contributed by atoms with Crippen LogP contribution in [0.2, 0.25) is 0 Å². The number of hydrogen-bond acceptors (Lipinski definition) is 1. The Morgan fingerprint density at radius 1 is 1.05 bits per heavy atom. The van der Waals surface area contributed by atoms with Crippen LogP contribution >= 0.6 is 15.9 Å². The molecule has 0 heterocycles. The molecule has 2 rings (SSSR count). The maximum atomic E-state index is 10.6. The van der Waals surface area contributed by atoms with Gasteiger partial charge in [-0.25, -0.2) is 0 Å². The first-order valence-electron chi connectivity index (χ1n) is 7.07. The van der Waals surface area contributed by atoms with Crippen LogP contribution in [0.4, 0.5) is 0 Å². The summed E-state index contributed by atoms with van der Waals surface area (Å²) in [6, 6.07) is 14.3. The van der Waals surface area contributed by atoms with Crippen molar-refractivity contribution in [3.63, 3.8) is 0 Å². The van der Waals surface area contributed by atoms with Crippen LogP contribution < -0.4 is 0 Å². The van der Waals surface area contributed by atoms with Gasteiger partial charge in [0, 0.05) is 4.47 Å². The minimum atomic E-state index is -0.588. The van der Waals surface area contributed by atoms with Crippen molar-refractivity contribution in [2.75, 3.05) is 0 Å². The Labute approximate surface area is 129 Å². The topological polar surface area (TPSA) is 20.2 Å². The summed E-state index contributed by atoms with van der Waals surface area (Å²) < 4.78 is 0.985. The third-order valence-electron chi connectivity index (χ3n) is 3.95. The lowest BCUT2D eigenvalue weighted by atomic mass is 9.94. The molecule has 0 saturated heterocycles. The summed E-state index contributed by atoms with van der Waals surface area (Å²) in [6.45, 7) is 6.45. The largest absolute Gasteiger partial charge is 0.384 e. The summed E-state index contributed by atoms with van der Waals surface area (Å²) >= 11 is 3.57. The van der Waals surface area contributed by atoms with Crippen molar-refractivity contribution in [3.8, 4) is 0 Å². The molecule has 0 aliphatic heterocycles. The van der Waals surface area contributed by atoms with E-state index in [0.717, 1.165) is 27.6 Å². The van der Waals surface area contributed by atoms with Crippen LogP contribution in [0.1, 0.15) is 54.5 Å². The smallest absolute Gasteiger partial charge is 0.105 e. The van der Waals surface area contributed by atoms with E-state index < -0.39 is 6.10 Å². The van der Waals surface area contributed by atoms with E-state index in [9.17, 15) is 5.11 Å². The zero-order valence-corrected chi connectivity index (χ0v) is 13.8. The van der Waals surface area contributed by atoms with Gasteiger partial charge in [-0.2, -0.15) is 0 Å². The summed E-state index contributed by atoms with van der Waals surface area (Å²) in [4.78, 5) is 0. The van der Waals surface area contributed by atoms with E-state index in [1.807, 2.05) is 37.3 Å². The van der Waals surface area contributed by atoms with Crippen molar-refractivity contribution >= 4 is 15.9 Å². The summed E-state index contributed by atoms with van der Waals surface area (Å²) in [5, 5.41) is 10.6. The maximum Gasteiger partial charge on any atom is 0.105 e. The molecule has 0 spiro atoms. The predicted octanol–water partition coefficient (Wildman–Crippen LogP) is 5.35. The average Bonchev–Trinajstić information content (AvgIpc) is 2.48. The van der Waals surface area contributed by atoms with E-state index in [1.165, 1.54) is 5.56 Å². The van der Waals surface area contributed by atoms with Gasteiger partial charge >= 0.3 is 0 Å². The highest BCUT2D eigenvalue weighted by Crippen LogP contribution is 2.31. The van der Waals surface area contributed by atoms with Crippen molar-refractivity contribution in [1.29, 1.82) is 0 Å². The minimum absolute atomic E-state index is 0.562. The van der Waals surface area contributed by atoms with Crippen LogP contribution in [0.25, 0.3) is 0 Å². The Bertz CT molecular complexity index is 574. The molecule has 20 heavy (non-hydrogen) atoms. The van der Waals surface area contributed by atoms with Crippen LogP contribution in [-0.2, 0) is 0 Å². The van der Waals surface area contributed by atoms with Crippen LogP contribution in [0, 0.1) is 6.92 Å². The number of halogens is 1. The maximum absolute atomic E-state index is 10.6. The highest BCUT2D eigenvalue weighted by Gasteiger charge is 2.15. The SMILES string of the molecule is CCC(C)c1ccc(C(O)c2cccc(C)c2Br)cc1. The second kappa shape index (κ2) is 6.55. The molecule has 2 heteroatoms. The molecule has 106 valence electrons. The number of aryl methyl sites for hydroxylation is 1. The van der Waals surface area contributed by atoms with E-state index in [2.05, 4.69) is 41.9 Å². The van der Waals surface area contributed by atoms with E-state index >= 15 is 0 Å². The van der Waals surface area contributed by atoms with Crippen molar-refractivity contribution in [1.82, 2.24) is 0 Å². The number of hydrogen-bond donors (Lipinski definition) is 1. The van der Waals surface area contributed by atoms with Gasteiger partial charge in [-0.1, -0.05) is 72.2 Å². The third-order valence-corrected chi connectivity index (χ3v) is 5.03. The van der Waals surface area contributed by atoms with Crippen molar-refractivity contribution in [2.45, 2.75) is 39.2 Å². The minimum Gasteiger partial charge on any atom is -0.384 e. The van der Waals surface area contributed by atoms with Gasteiger partial charge < -0.3 is 5.11 Å². The highest BCUT2D eigenvalue weighted by atomic mass is 79.9. The molecule has 0 bridgehead atoms. The van der Waals surface area contributed by atoms with Gasteiger partial charge in [-0.15, -0.1) is 0 Å². The lowest BCUT2D eigenvalue weighted by Gasteiger charge is -2.16. The van der Waals surface area contributed by atoms with E-state index in [4.69, 9.17) is 0 Å². The molecule has 1 N–H and O–H groups in total. The van der Waals surface area contributed by atoms with Gasteiger partial charge in [0.05, 0.1) is 0 Å². The first-order valence-corrected chi connectivity index (χ1v) is 7.86. The van der Waals surface area contributed by atoms with E-state index in [-0.39, 0.29) is 0 Å². The van der Waals surface area contributed by atoms with Gasteiger partial charge in [0.2, 0.25) is 0 Å². The molecule has 0 radical (unpaired) electrons. The molecule has 0 aliphatic carbocycles. The molecule has 2 aromatic rings. The quantitative estimate of drug-likeness (QED) is 0.799. The summed E-state index contributed by atoms with van der Waals surface area (Å²) in [5.41, 5.74) is 4.31. The number of aliphatic hydroxyl groups is 1. The Morgan fingerprint density at radius 3 is 2.25 bits per heavy atom.